The molecule has 1 heterocycles. The molecule has 0 aliphatic heterocycles. The molecule has 0 bridgehead atoms. The molecule has 39 heavy (non-hydrogen) atoms. The predicted molar refractivity (Wildman–Crippen MR) is 153 cm³/mol. The number of carbonyl (C=O) groups excluding carboxylic acids is 1. The summed E-state index contributed by atoms with van der Waals surface area (Å²) in [4.78, 5) is 17.7. The Balaban J connectivity index is 1.49. The van der Waals surface area contributed by atoms with Crippen molar-refractivity contribution in [1.29, 1.82) is 0 Å². The van der Waals surface area contributed by atoms with Gasteiger partial charge in [0, 0.05) is 19.2 Å². The standard InChI is InChI=1S/C30H33N5O4/c1-4-38-26-15-8-23(9-16-26)20-31-29-33-30(32-21-24-10-17-27(18-11-24)39-5-2)35(34-29)28(36)19-12-22-6-13-25(37-3)14-7-22/h6-19H,4-5,20-21H2,1-3H3,(H2,31,32,33,34)/b19-12+. The van der Waals surface area contributed by atoms with Crippen LogP contribution in [0.3, 0.4) is 0 Å². The van der Waals surface area contributed by atoms with E-state index in [1.165, 1.54) is 10.8 Å². The molecule has 0 unspecified atom stereocenters. The molecule has 0 aliphatic carbocycles. The van der Waals surface area contributed by atoms with Crippen molar-refractivity contribution >= 4 is 23.9 Å². The highest BCUT2D eigenvalue weighted by molar-refractivity contribution is 5.94. The summed E-state index contributed by atoms with van der Waals surface area (Å²) >= 11 is 0. The molecule has 0 saturated carbocycles. The topological polar surface area (TPSA) is 99.5 Å². The fraction of sp³-hybridized carbons (Fsp3) is 0.233. The van der Waals surface area contributed by atoms with Crippen LogP contribution < -0.4 is 24.8 Å². The van der Waals surface area contributed by atoms with Crippen LogP contribution in [0.25, 0.3) is 6.08 Å². The number of aromatic nitrogens is 3. The van der Waals surface area contributed by atoms with E-state index in [1.807, 2.05) is 86.6 Å². The molecule has 9 heteroatoms. The van der Waals surface area contributed by atoms with Gasteiger partial charge in [0.05, 0.1) is 20.3 Å². The minimum absolute atomic E-state index is 0.332. The van der Waals surface area contributed by atoms with Gasteiger partial charge >= 0.3 is 0 Å². The summed E-state index contributed by atoms with van der Waals surface area (Å²) in [5.74, 6) is 2.72. The van der Waals surface area contributed by atoms with Crippen molar-refractivity contribution in [2.24, 2.45) is 0 Å². The second-order valence-electron chi connectivity index (χ2n) is 8.48. The van der Waals surface area contributed by atoms with Gasteiger partial charge in [0.1, 0.15) is 17.2 Å². The second kappa shape index (κ2) is 13.7. The van der Waals surface area contributed by atoms with E-state index < -0.39 is 0 Å². The fourth-order valence-electron chi connectivity index (χ4n) is 3.71. The zero-order valence-corrected chi connectivity index (χ0v) is 22.4. The summed E-state index contributed by atoms with van der Waals surface area (Å²) in [6.07, 6.45) is 3.20. The fourth-order valence-corrected chi connectivity index (χ4v) is 3.71. The van der Waals surface area contributed by atoms with Crippen molar-refractivity contribution in [3.05, 3.63) is 95.6 Å². The van der Waals surface area contributed by atoms with Gasteiger partial charge in [-0.2, -0.15) is 9.67 Å². The largest absolute Gasteiger partial charge is 0.497 e. The van der Waals surface area contributed by atoms with E-state index in [9.17, 15) is 4.79 Å². The Hall–Kier alpha value is -4.79. The number of rotatable bonds is 13. The Morgan fingerprint density at radius 1 is 0.795 bits per heavy atom. The Morgan fingerprint density at radius 2 is 1.33 bits per heavy atom. The molecule has 9 nitrogen and oxygen atoms in total. The maximum Gasteiger partial charge on any atom is 0.274 e. The molecule has 0 atom stereocenters. The van der Waals surface area contributed by atoms with E-state index in [-0.39, 0.29) is 5.91 Å². The zero-order valence-electron chi connectivity index (χ0n) is 22.4. The van der Waals surface area contributed by atoms with Crippen LogP contribution in [0, 0.1) is 0 Å². The van der Waals surface area contributed by atoms with Crippen molar-refractivity contribution < 1.29 is 19.0 Å². The van der Waals surface area contributed by atoms with E-state index in [0.29, 0.717) is 38.2 Å². The lowest BCUT2D eigenvalue weighted by Crippen LogP contribution is -2.14. The Kier molecular flexibility index (Phi) is 9.55. The molecule has 0 radical (unpaired) electrons. The van der Waals surface area contributed by atoms with Crippen LogP contribution in [0.4, 0.5) is 11.9 Å². The molecule has 4 rings (SSSR count). The molecule has 2 N–H and O–H groups in total. The van der Waals surface area contributed by atoms with Crippen LogP contribution in [0.5, 0.6) is 17.2 Å². The van der Waals surface area contributed by atoms with Crippen molar-refractivity contribution in [2.75, 3.05) is 31.0 Å². The Morgan fingerprint density at radius 3 is 1.87 bits per heavy atom. The SMILES string of the molecule is CCOc1ccc(CNc2nc(NCc3ccc(OCC)cc3)n(C(=O)/C=C/c3ccc(OC)cc3)n2)cc1. The number of nitrogens with one attached hydrogen (secondary N) is 2. The molecular formula is C30H33N5O4. The molecule has 1 aromatic heterocycles. The lowest BCUT2D eigenvalue weighted by atomic mass is 10.2. The summed E-state index contributed by atoms with van der Waals surface area (Å²) in [6.45, 7) is 6.07. The number of ether oxygens (including phenoxy) is 3. The Labute approximate surface area is 228 Å². The third-order valence-corrected chi connectivity index (χ3v) is 5.72. The summed E-state index contributed by atoms with van der Waals surface area (Å²) in [6, 6.07) is 23.0. The van der Waals surface area contributed by atoms with E-state index in [2.05, 4.69) is 20.7 Å². The number of hydrogen-bond acceptors (Lipinski definition) is 8. The molecule has 0 aliphatic rings. The van der Waals surface area contributed by atoms with Gasteiger partial charge in [-0.05, 0) is 73.0 Å². The van der Waals surface area contributed by atoms with Crippen LogP contribution in [0.1, 0.15) is 35.3 Å². The van der Waals surface area contributed by atoms with E-state index >= 15 is 0 Å². The number of nitrogens with zero attached hydrogens (tertiary/aromatic N) is 3. The number of methoxy groups -OCH3 is 1. The zero-order chi connectivity index (χ0) is 27.5. The number of anilines is 2. The van der Waals surface area contributed by atoms with E-state index in [1.54, 1.807) is 13.2 Å². The van der Waals surface area contributed by atoms with Crippen LogP contribution in [0.15, 0.2) is 78.9 Å². The highest BCUT2D eigenvalue weighted by atomic mass is 16.5. The predicted octanol–water partition coefficient (Wildman–Crippen LogP) is 5.66. The maximum atomic E-state index is 13.1. The third-order valence-electron chi connectivity index (χ3n) is 5.72. The highest BCUT2D eigenvalue weighted by Gasteiger charge is 2.15. The molecule has 3 aromatic carbocycles. The minimum atomic E-state index is -0.332. The Bertz CT molecular complexity index is 1360. The molecule has 0 fully saturated rings. The lowest BCUT2D eigenvalue weighted by molar-refractivity contribution is 0.0957. The minimum Gasteiger partial charge on any atom is -0.497 e. The first-order valence-corrected chi connectivity index (χ1v) is 12.8. The number of carbonyl (C=O) groups is 1. The third kappa shape index (κ3) is 7.85. The number of benzene rings is 3. The summed E-state index contributed by atoms with van der Waals surface area (Å²) in [5.41, 5.74) is 2.91. The van der Waals surface area contributed by atoms with Crippen LogP contribution in [-0.2, 0) is 13.1 Å². The van der Waals surface area contributed by atoms with Gasteiger partial charge < -0.3 is 24.8 Å². The monoisotopic (exact) mass is 527 g/mol. The molecule has 0 saturated heterocycles. The molecular weight excluding hydrogens is 494 g/mol. The first-order valence-electron chi connectivity index (χ1n) is 12.8. The maximum absolute atomic E-state index is 13.1. The van der Waals surface area contributed by atoms with Gasteiger partial charge in [0.2, 0.25) is 11.9 Å². The van der Waals surface area contributed by atoms with Gasteiger partial charge in [-0.15, -0.1) is 5.10 Å². The van der Waals surface area contributed by atoms with Gasteiger partial charge in [-0.3, -0.25) is 4.79 Å². The second-order valence-corrected chi connectivity index (χ2v) is 8.48. The van der Waals surface area contributed by atoms with Gasteiger partial charge in [0.15, 0.2) is 0 Å². The van der Waals surface area contributed by atoms with Crippen molar-refractivity contribution in [1.82, 2.24) is 14.8 Å². The van der Waals surface area contributed by atoms with Crippen molar-refractivity contribution in [2.45, 2.75) is 26.9 Å². The summed E-state index contributed by atoms with van der Waals surface area (Å²) < 4.78 is 17.5. The number of hydrogen-bond donors (Lipinski definition) is 2. The number of allylic oxidation sites excluding steroid dienone is 1. The van der Waals surface area contributed by atoms with Crippen LogP contribution >= 0.6 is 0 Å². The van der Waals surface area contributed by atoms with Crippen LogP contribution in [-0.4, -0.2) is 41.0 Å². The van der Waals surface area contributed by atoms with Crippen molar-refractivity contribution in [3.8, 4) is 17.2 Å². The highest BCUT2D eigenvalue weighted by Crippen LogP contribution is 2.17. The van der Waals surface area contributed by atoms with Crippen molar-refractivity contribution in [3.63, 3.8) is 0 Å². The summed E-state index contributed by atoms with van der Waals surface area (Å²) in [5, 5.41) is 10.9. The quantitative estimate of drug-likeness (QED) is 0.215. The normalized spacial score (nSPS) is 10.8. The smallest absolute Gasteiger partial charge is 0.274 e. The lowest BCUT2D eigenvalue weighted by Gasteiger charge is -2.07. The van der Waals surface area contributed by atoms with Gasteiger partial charge in [0.25, 0.3) is 5.91 Å². The molecule has 4 aromatic rings. The first kappa shape index (κ1) is 27.3. The van der Waals surface area contributed by atoms with Gasteiger partial charge in [-0.25, -0.2) is 0 Å². The van der Waals surface area contributed by atoms with E-state index in [0.717, 1.165) is 33.9 Å². The first-order chi connectivity index (χ1) is 19.1. The molecule has 202 valence electrons. The summed E-state index contributed by atoms with van der Waals surface area (Å²) in [7, 11) is 1.61. The average Bonchev–Trinajstić information content (AvgIpc) is 3.39. The van der Waals surface area contributed by atoms with Gasteiger partial charge in [-0.1, -0.05) is 36.4 Å². The average molecular weight is 528 g/mol. The van der Waals surface area contributed by atoms with E-state index in [4.69, 9.17) is 14.2 Å². The van der Waals surface area contributed by atoms with Crippen LogP contribution in [0.2, 0.25) is 0 Å². The molecule has 0 amide bonds. The molecule has 0 spiro atoms.